The van der Waals surface area contributed by atoms with E-state index in [0.29, 0.717) is 25.6 Å². The first-order valence-corrected chi connectivity index (χ1v) is 6.69. The van der Waals surface area contributed by atoms with Crippen molar-refractivity contribution in [2.24, 2.45) is 0 Å². The number of carbonyl (C=O) groups is 1. The van der Waals surface area contributed by atoms with Crippen LogP contribution in [0.15, 0.2) is 18.5 Å². The summed E-state index contributed by atoms with van der Waals surface area (Å²) < 4.78 is 1.77. The fourth-order valence-electron chi connectivity index (χ4n) is 2.62. The van der Waals surface area contributed by atoms with Crippen LogP contribution in [0, 0.1) is 0 Å². The first-order valence-electron chi connectivity index (χ1n) is 6.69. The highest BCUT2D eigenvalue weighted by Gasteiger charge is 2.25. The summed E-state index contributed by atoms with van der Waals surface area (Å²) in [6.07, 6.45) is 8.57. The van der Waals surface area contributed by atoms with Gasteiger partial charge in [0.2, 0.25) is 5.91 Å². The fourth-order valence-corrected chi connectivity index (χ4v) is 2.62. The molecule has 1 amide bonds. The Morgan fingerprint density at radius 1 is 1.44 bits per heavy atom. The zero-order valence-corrected chi connectivity index (χ0v) is 10.7. The maximum Gasteiger partial charge on any atom is 0.224 e. The van der Waals surface area contributed by atoms with Gasteiger partial charge in [-0.1, -0.05) is 12.8 Å². The summed E-state index contributed by atoms with van der Waals surface area (Å²) in [4.78, 5) is 14.0. The van der Waals surface area contributed by atoms with Crippen LogP contribution in [0.25, 0.3) is 0 Å². The lowest BCUT2D eigenvalue weighted by molar-refractivity contribution is -0.134. The van der Waals surface area contributed by atoms with Gasteiger partial charge < -0.3 is 10.0 Å². The van der Waals surface area contributed by atoms with Gasteiger partial charge in [0.1, 0.15) is 0 Å². The Morgan fingerprint density at radius 2 is 2.22 bits per heavy atom. The largest absolute Gasteiger partial charge is 0.395 e. The summed E-state index contributed by atoms with van der Waals surface area (Å²) in [7, 11) is 0. The maximum absolute atomic E-state index is 12.2. The van der Waals surface area contributed by atoms with Crippen molar-refractivity contribution in [3.8, 4) is 0 Å². The van der Waals surface area contributed by atoms with Crippen molar-refractivity contribution >= 4 is 5.91 Å². The Bertz CT molecular complexity index is 358. The van der Waals surface area contributed by atoms with Crippen LogP contribution in [-0.4, -0.2) is 44.9 Å². The van der Waals surface area contributed by atoms with Crippen molar-refractivity contribution in [2.45, 2.75) is 44.7 Å². The summed E-state index contributed by atoms with van der Waals surface area (Å²) in [6, 6.07) is 2.19. The molecule has 0 aliphatic heterocycles. The van der Waals surface area contributed by atoms with Gasteiger partial charge in [0.25, 0.3) is 0 Å². The summed E-state index contributed by atoms with van der Waals surface area (Å²) in [5, 5.41) is 13.2. The van der Waals surface area contributed by atoms with Crippen LogP contribution in [0.3, 0.4) is 0 Å². The quantitative estimate of drug-likeness (QED) is 0.821. The van der Waals surface area contributed by atoms with Gasteiger partial charge in [-0.2, -0.15) is 5.10 Å². The molecule has 0 aromatic carbocycles. The molecule has 1 aliphatic rings. The van der Waals surface area contributed by atoms with Gasteiger partial charge in [-0.15, -0.1) is 0 Å². The second-order valence-electron chi connectivity index (χ2n) is 4.77. The average molecular weight is 251 g/mol. The third-order valence-electron chi connectivity index (χ3n) is 3.54. The van der Waals surface area contributed by atoms with Crippen LogP contribution in [0.5, 0.6) is 0 Å². The van der Waals surface area contributed by atoms with Crippen molar-refractivity contribution in [3.05, 3.63) is 18.5 Å². The van der Waals surface area contributed by atoms with E-state index in [2.05, 4.69) is 5.10 Å². The Balaban J connectivity index is 1.86. The topological polar surface area (TPSA) is 58.4 Å². The Labute approximate surface area is 107 Å². The van der Waals surface area contributed by atoms with E-state index in [0.717, 1.165) is 12.8 Å². The predicted molar refractivity (Wildman–Crippen MR) is 67.9 cm³/mol. The maximum atomic E-state index is 12.2. The smallest absolute Gasteiger partial charge is 0.224 e. The fraction of sp³-hybridized carbons (Fsp3) is 0.692. The monoisotopic (exact) mass is 251 g/mol. The molecule has 0 spiro atoms. The number of aliphatic hydroxyl groups excluding tert-OH is 1. The molecular formula is C13H21N3O2. The van der Waals surface area contributed by atoms with Gasteiger partial charge >= 0.3 is 0 Å². The molecule has 1 aromatic rings. The number of hydrogen-bond acceptors (Lipinski definition) is 3. The number of carbonyl (C=O) groups excluding carboxylic acids is 1. The number of rotatable bonds is 6. The van der Waals surface area contributed by atoms with E-state index in [1.807, 2.05) is 17.2 Å². The van der Waals surface area contributed by atoms with Crippen molar-refractivity contribution in [2.75, 3.05) is 13.2 Å². The molecule has 1 heterocycles. The number of nitrogens with zero attached hydrogens (tertiary/aromatic N) is 3. The molecule has 0 unspecified atom stereocenters. The highest BCUT2D eigenvalue weighted by molar-refractivity contribution is 5.76. The van der Waals surface area contributed by atoms with E-state index in [1.165, 1.54) is 12.8 Å². The normalized spacial score (nSPS) is 16.1. The van der Waals surface area contributed by atoms with Crippen molar-refractivity contribution in [1.29, 1.82) is 0 Å². The second kappa shape index (κ2) is 6.54. The van der Waals surface area contributed by atoms with Crippen LogP contribution in [-0.2, 0) is 11.3 Å². The van der Waals surface area contributed by atoms with Crippen LogP contribution >= 0.6 is 0 Å². The predicted octanol–water partition coefficient (Wildman–Crippen LogP) is 1.04. The first kappa shape index (κ1) is 13.1. The number of amides is 1. The molecule has 0 atom stereocenters. The molecule has 1 aliphatic carbocycles. The molecule has 1 fully saturated rings. The highest BCUT2D eigenvalue weighted by atomic mass is 16.3. The zero-order chi connectivity index (χ0) is 12.8. The average Bonchev–Trinajstić information content (AvgIpc) is 3.05. The highest BCUT2D eigenvalue weighted by Crippen LogP contribution is 2.23. The molecule has 0 radical (unpaired) electrons. The van der Waals surface area contributed by atoms with Gasteiger partial charge in [0, 0.05) is 37.9 Å². The van der Waals surface area contributed by atoms with Crippen LogP contribution in [0.2, 0.25) is 0 Å². The molecule has 1 aromatic heterocycles. The molecule has 5 heteroatoms. The van der Waals surface area contributed by atoms with E-state index < -0.39 is 0 Å². The molecule has 18 heavy (non-hydrogen) atoms. The van der Waals surface area contributed by atoms with Crippen molar-refractivity contribution < 1.29 is 9.90 Å². The van der Waals surface area contributed by atoms with E-state index in [1.54, 1.807) is 10.9 Å². The number of aryl methyl sites for hydroxylation is 1. The van der Waals surface area contributed by atoms with Gasteiger partial charge in [-0.25, -0.2) is 0 Å². The molecule has 5 nitrogen and oxygen atoms in total. The second-order valence-corrected chi connectivity index (χ2v) is 4.77. The van der Waals surface area contributed by atoms with Crippen LogP contribution < -0.4 is 0 Å². The number of hydrogen-bond donors (Lipinski definition) is 1. The molecule has 0 saturated heterocycles. The molecule has 0 bridgehead atoms. The standard InChI is InChI=1S/C13H21N3O2/c17-11-10-16(12-4-1-2-5-12)13(18)6-9-15-8-3-7-14-15/h3,7-8,12,17H,1-2,4-6,9-11H2. The lowest BCUT2D eigenvalue weighted by Gasteiger charge is -2.28. The first-order chi connectivity index (χ1) is 8.81. The number of aromatic nitrogens is 2. The minimum Gasteiger partial charge on any atom is -0.395 e. The molecule has 1 N–H and O–H groups in total. The lowest BCUT2D eigenvalue weighted by Crippen LogP contribution is -2.41. The molecule has 2 rings (SSSR count). The van der Waals surface area contributed by atoms with Gasteiger partial charge in [0.15, 0.2) is 0 Å². The summed E-state index contributed by atoms with van der Waals surface area (Å²) in [5.74, 6) is 0.131. The van der Waals surface area contributed by atoms with Gasteiger partial charge in [0.05, 0.1) is 6.61 Å². The van der Waals surface area contributed by atoms with E-state index in [4.69, 9.17) is 5.11 Å². The van der Waals surface area contributed by atoms with Gasteiger partial charge in [-0.3, -0.25) is 9.48 Å². The summed E-state index contributed by atoms with van der Waals surface area (Å²) in [5.41, 5.74) is 0. The van der Waals surface area contributed by atoms with Crippen LogP contribution in [0.4, 0.5) is 0 Å². The molecular weight excluding hydrogens is 230 g/mol. The SMILES string of the molecule is O=C(CCn1cccn1)N(CCO)C1CCCC1. The number of aliphatic hydroxyl groups is 1. The third kappa shape index (κ3) is 3.32. The molecule has 1 saturated carbocycles. The van der Waals surface area contributed by atoms with Crippen molar-refractivity contribution in [3.63, 3.8) is 0 Å². The van der Waals surface area contributed by atoms with E-state index >= 15 is 0 Å². The minimum absolute atomic E-state index is 0.0456. The Kier molecular flexibility index (Phi) is 4.75. The minimum atomic E-state index is 0.0456. The van der Waals surface area contributed by atoms with Crippen molar-refractivity contribution in [1.82, 2.24) is 14.7 Å². The Morgan fingerprint density at radius 3 is 2.83 bits per heavy atom. The van der Waals surface area contributed by atoms with E-state index in [-0.39, 0.29) is 12.5 Å². The van der Waals surface area contributed by atoms with E-state index in [9.17, 15) is 4.79 Å². The lowest BCUT2D eigenvalue weighted by atomic mass is 10.2. The third-order valence-corrected chi connectivity index (χ3v) is 3.54. The molecule has 100 valence electrons. The van der Waals surface area contributed by atoms with Crippen LogP contribution in [0.1, 0.15) is 32.1 Å². The zero-order valence-electron chi connectivity index (χ0n) is 10.7. The van der Waals surface area contributed by atoms with Gasteiger partial charge in [-0.05, 0) is 18.9 Å². The summed E-state index contributed by atoms with van der Waals surface area (Å²) >= 11 is 0. The Hall–Kier alpha value is -1.36. The summed E-state index contributed by atoms with van der Waals surface area (Å²) in [6.45, 7) is 1.12.